The number of carbonyl (C=O) groups excluding carboxylic acids is 1. The van der Waals surface area contributed by atoms with Crippen molar-refractivity contribution < 1.29 is 92.4 Å². The predicted octanol–water partition coefficient (Wildman–Crippen LogP) is 4.41. The maximum Gasteiger partial charge on any atom is 0.456 e. The average molecular weight is 528 g/mol. The average Bonchev–Trinajstić information content (AvgIpc) is 2.50. The Morgan fingerprint density at radius 1 is 0.516 bits per heavy atom. The minimum absolute atomic E-state index is 5.26. The van der Waals surface area contributed by atoms with E-state index in [1.807, 2.05) is 0 Å². The quantitative estimate of drug-likeness (QED) is 0.375. The zero-order valence-electron chi connectivity index (χ0n) is 13.0. The third kappa shape index (κ3) is 3.67. The summed E-state index contributed by atoms with van der Waals surface area (Å²) in [6, 6.07) is 0. The second kappa shape index (κ2) is 6.94. The molecule has 4 nitrogen and oxygen atoms in total. The van der Waals surface area contributed by atoms with Crippen LogP contribution in [0.4, 0.5) is 74.6 Å². The second-order valence-electron chi connectivity index (χ2n) is 5.27. The van der Waals surface area contributed by atoms with Gasteiger partial charge in [-0.1, -0.05) is 0 Å². The van der Waals surface area contributed by atoms with Gasteiger partial charge in [0.15, 0.2) is 0 Å². The van der Waals surface area contributed by atoms with Gasteiger partial charge in [-0.25, -0.2) is 0 Å². The summed E-state index contributed by atoms with van der Waals surface area (Å²) < 4.78 is 246. The van der Waals surface area contributed by atoms with Crippen LogP contribution in [0.25, 0.3) is 0 Å². The molecule has 0 saturated carbocycles. The van der Waals surface area contributed by atoms with E-state index < -0.39 is 62.9 Å². The Morgan fingerprint density at radius 3 is 1.03 bits per heavy atom. The first-order valence-electron chi connectivity index (χ1n) is 6.14. The Hall–Kier alpha value is -1.61. The molecule has 0 aromatic rings. The monoisotopic (exact) mass is 528 g/mol. The molecule has 0 radical (unpaired) electrons. The third-order valence-electron chi connectivity index (χ3n) is 3.20. The van der Waals surface area contributed by atoms with Crippen LogP contribution in [0.5, 0.6) is 0 Å². The van der Waals surface area contributed by atoms with E-state index in [1.165, 1.54) is 0 Å². The van der Waals surface area contributed by atoms with Crippen LogP contribution < -0.4 is 0 Å². The van der Waals surface area contributed by atoms with Gasteiger partial charge in [-0.3, -0.25) is 9.35 Å². The van der Waals surface area contributed by atoms with Gasteiger partial charge in [-0.05, 0) is 0 Å². The van der Waals surface area contributed by atoms with Gasteiger partial charge in [0.05, 0.1) is 0 Å². The highest BCUT2D eigenvalue weighted by atomic mass is 32.2. The highest BCUT2D eigenvalue weighted by Gasteiger charge is 2.95. The van der Waals surface area contributed by atoms with Gasteiger partial charge in [0.25, 0.3) is 0 Å². The van der Waals surface area contributed by atoms with Crippen molar-refractivity contribution >= 4 is 15.9 Å². The second-order valence-corrected chi connectivity index (χ2v) is 6.73. The van der Waals surface area contributed by atoms with Crippen molar-refractivity contribution in [2.24, 2.45) is 0 Å². The van der Waals surface area contributed by atoms with Gasteiger partial charge in [-0.2, -0.15) is 83.1 Å². The van der Waals surface area contributed by atoms with E-state index in [0.29, 0.717) is 0 Å². The van der Waals surface area contributed by atoms with Crippen LogP contribution in [0.15, 0.2) is 0 Å². The molecule has 0 rings (SSSR count). The summed E-state index contributed by atoms with van der Waals surface area (Å²) in [5, 5.41) is -7.87. The van der Waals surface area contributed by atoms with Crippen LogP contribution in [0.3, 0.4) is 0 Å². The molecule has 0 heterocycles. The maximum atomic E-state index is 13.2. The van der Waals surface area contributed by atoms with Gasteiger partial charge in [0.2, 0.25) is 0 Å². The summed E-state index contributed by atoms with van der Waals surface area (Å²) in [5.74, 6) is -57.0. The third-order valence-corrected chi connectivity index (χ3v) is 4.11. The molecular formula is C9HF17O4S. The first-order chi connectivity index (χ1) is 12.9. The van der Waals surface area contributed by atoms with Crippen LogP contribution in [-0.4, -0.2) is 65.7 Å². The topological polar surface area (TPSA) is 71.4 Å². The summed E-state index contributed by atoms with van der Waals surface area (Å²) in [6.45, 7) is 0. The van der Waals surface area contributed by atoms with Gasteiger partial charge in [0.1, 0.15) is 0 Å². The SMILES string of the molecule is O=C(C(F)(F)F)C(F)(F)C(F)(F)C(F)(F)C(F)(F)C(F)(F)C(F)(F)C(F)(F)S(=O)(=O)O. The largest absolute Gasteiger partial charge is 0.456 e. The Labute approximate surface area is 156 Å². The fraction of sp³-hybridized carbons (Fsp3) is 0.889. The summed E-state index contributed by atoms with van der Waals surface area (Å²) in [4.78, 5) is 10.1. The Balaban J connectivity index is 6.94. The molecule has 0 atom stereocenters. The molecule has 22 heteroatoms. The minimum atomic E-state index is -8.92. The van der Waals surface area contributed by atoms with Crippen molar-refractivity contribution in [3.8, 4) is 0 Å². The van der Waals surface area contributed by atoms with Gasteiger partial charge >= 0.3 is 62.9 Å². The molecule has 0 fully saturated rings. The zero-order valence-corrected chi connectivity index (χ0v) is 13.8. The molecule has 0 saturated heterocycles. The highest BCUT2D eigenvalue weighted by molar-refractivity contribution is 7.87. The van der Waals surface area contributed by atoms with E-state index in [9.17, 15) is 87.8 Å². The number of carbonyl (C=O) groups is 1. The normalized spacial score (nSPS) is 16.5. The van der Waals surface area contributed by atoms with Crippen LogP contribution >= 0.6 is 0 Å². The summed E-state index contributed by atoms with van der Waals surface area (Å²) in [5.41, 5.74) is 0. The zero-order chi connectivity index (χ0) is 26.1. The molecule has 0 aliphatic rings. The van der Waals surface area contributed by atoms with E-state index in [0.717, 1.165) is 0 Å². The number of alkyl halides is 17. The smallest absolute Gasteiger partial charge is 0.282 e. The number of hydrogen-bond donors (Lipinski definition) is 1. The van der Waals surface area contributed by atoms with E-state index in [4.69, 9.17) is 4.55 Å². The molecule has 1 N–H and O–H groups in total. The van der Waals surface area contributed by atoms with Gasteiger partial charge in [-0.15, -0.1) is 0 Å². The molecule has 0 amide bonds. The summed E-state index contributed by atoms with van der Waals surface area (Å²) >= 11 is 0. The lowest BCUT2D eigenvalue weighted by Crippen LogP contribution is -2.74. The number of rotatable bonds is 8. The molecule has 0 aliphatic carbocycles. The van der Waals surface area contributed by atoms with Crippen molar-refractivity contribution in [1.82, 2.24) is 0 Å². The fourth-order valence-electron chi connectivity index (χ4n) is 1.45. The number of halogens is 17. The molecule has 31 heavy (non-hydrogen) atoms. The molecule has 0 spiro atoms. The summed E-state index contributed by atoms with van der Waals surface area (Å²) in [7, 11) is -7.93. The molecule has 0 aromatic heterocycles. The van der Waals surface area contributed by atoms with Crippen molar-refractivity contribution in [3.05, 3.63) is 0 Å². The maximum absolute atomic E-state index is 13.2. The lowest BCUT2D eigenvalue weighted by Gasteiger charge is -2.41. The van der Waals surface area contributed by atoms with Crippen molar-refractivity contribution in [2.75, 3.05) is 0 Å². The lowest BCUT2D eigenvalue weighted by atomic mass is 9.90. The van der Waals surface area contributed by atoms with E-state index >= 15 is 0 Å². The van der Waals surface area contributed by atoms with Crippen LogP contribution in [0.1, 0.15) is 0 Å². The molecule has 0 bridgehead atoms. The van der Waals surface area contributed by atoms with E-state index in [2.05, 4.69) is 0 Å². The Bertz CT molecular complexity index is 823. The highest BCUT2D eigenvalue weighted by Crippen LogP contribution is 2.63. The van der Waals surface area contributed by atoms with E-state index in [1.54, 1.807) is 0 Å². The van der Waals surface area contributed by atoms with E-state index in [-0.39, 0.29) is 0 Å². The molecule has 0 aromatic carbocycles. The number of hydrogen-bond acceptors (Lipinski definition) is 3. The first kappa shape index (κ1) is 29.4. The molecule has 186 valence electrons. The Morgan fingerprint density at radius 2 is 0.774 bits per heavy atom. The standard InChI is InChI=1S/C9HF17O4S/c10-2(11,1(27)3(12,13)14)4(15,16)5(17,18)6(19,20)7(21,22)8(23,24)9(25,26)31(28,29)30/h(H,28,29,30). The molecular weight excluding hydrogens is 527 g/mol. The first-order valence-corrected chi connectivity index (χ1v) is 7.58. The Kier molecular flexibility index (Phi) is 6.58. The van der Waals surface area contributed by atoms with Crippen LogP contribution in [0, 0.1) is 0 Å². The number of ketones is 1. The fourth-order valence-corrected chi connectivity index (χ4v) is 1.91. The lowest BCUT2D eigenvalue weighted by molar-refractivity contribution is -0.432. The predicted molar refractivity (Wildman–Crippen MR) is 57.2 cm³/mol. The molecule has 0 aliphatic heterocycles. The molecule has 0 unspecified atom stereocenters. The number of Topliss-reactive ketones (excluding diaryl/α,β-unsaturated/α-hetero) is 1. The van der Waals surface area contributed by atoms with Crippen molar-refractivity contribution in [1.29, 1.82) is 0 Å². The van der Waals surface area contributed by atoms with Gasteiger partial charge < -0.3 is 0 Å². The van der Waals surface area contributed by atoms with Crippen LogP contribution in [-0.2, 0) is 14.9 Å². The minimum Gasteiger partial charge on any atom is -0.282 e. The van der Waals surface area contributed by atoms with Gasteiger partial charge in [0, 0.05) is 0 Å². The van der Waals surface area contributed by atoms with Crippen molar-refractivity contribution in [2.45, 2.75) is 47.0 Å². The van der Waals surface area contributed by atoms with Crippen molar-refractivity contribution in [3.63, 3.8) is 0 Å². The van der Waals surface area contributed by atoms with Crippen LogP contribution in [0.2, 0.25) is 0 Å². The summed E-state index contributed by atoms with van der Waals surface area (Å²) in [6.07, 6.45) is -7.23.